The lowest BCUT2D eigenvalue weighted by Crippen LogP contribution is -2.23. The SMILES string of the molecule is Fc1ccc([C@H]2CCC[C@@H](CI)O2)cc1. The molecule has 1 aliphatic heterocycles. The summed E-state index contributed by atoms with van der Waals surface area (Å²) in [6.07, 6.45) is 3.95. The Morgan fingerprint density at radius 3 is 2.67 bits per heavy atom. The smallest absolute Gasteiger partial charge is 0.123 e. The molecule has 3 heteroatoms. The van der Waals surface area contributed by atoms with E-state index >= 15 is 0 Å². The highest BCUT2D eigenvalue weighted by Crippen LogP contribution is 2.31. The normalized spacial score (nSPS) is 26.5. The van der Waals surface area contributed by atoms with Gasteiger partial charge in [-0.2, -0.15) is 0 Å². The fraction of sp³-hybridized carbons (Fsp3) is 0.500. The topological polar surface area (TPSA) is 9.23 Å². The molecule has 1 nitrogen and oxygen atoms in total. The van der Waals surface area contributed by atoms with Gasteiger partial charge in [-0.1, -0.05) is 34.7 Å². The molecule has 15 heavy (non-hydrogen) atoms. The zero-order chi connectivity index (χ0) is 10.7. The third kappa shape index (κ3) is 2.91. The van der Waals surface area contributed by atoms with Crippen LogP contribution in [0.2, 0.25) is 0 Å². The van der Waals surface area contributed by atoms with E-state index in [1.807, 2.05) is 12.1 Å². The van der Waals surface area contributed by atoms with Crippen molar-refractivity contribution >= 4 is 22.6 Å². The summed E-state index contributed by atoms with van der Waals surface area (Å²) in [5.41, 5.74) is 1.10. The molecule has 1 aromatic carbocycles. The first kappa shape index (κ1) is 11.3. The average molecular weight is 320 g/mol. The summed E-state index contributed by atoms with van der Waals surface area (Å²) >= 11 is 2.36. The predicted octanol–water partition coefficient (Wildman–Crippen LogP) is 3.87. The first-order valence-corrected chi connectivity index (χ1v) is 6.79. The van der Waals surface area contributed by atoms with Crippen LogP contribution in [0.25, 0.3) is 0 Å². The van der Waals surface area contributed by atoms with Crippen molar-refractivity contribution in [1.82, 2.24) is 0 Å². The van der Waals surface area contributed by atoms with Crippen molar-refractivity contribution in [3.05, 3.63) is 35.6 Å². The van der Waals surface area contributed by atoms with Crippen LogP contribution < -0.4 is 0 Å². The van der Waals surface area contributed by atoms with E-state index in [0.29, 0.717) is 6.10 Å². The number of ether oxygens (including phenoxy) is 1. The van der Waals surface area contributed by atoms with Crippen molar-refractivity contribution in [1.29, 1.82) is 0 Å². The van der Waals surface area contributed by atoms with Gasteiger partial charge >= 0.3 is 0 Å². The van der Waals surface area contributed by atoms with E-state index in [1.54, 1.807) is 0 Å². The minimum Gasteiger partial charge on any atom is -0.370 e. The van der Waals surface area contributed by atoms with Gasteiger partial charge in [-0.3, -0.25) is 0 Å². The molecular formula is C12H14FIO. The number of hydrogen-bond acceptors (Lipinski definition) is 1. The second-order valence-electron chi connectivity index (χ2n) is 3.88. The van der Waals surface area contributed by atoms with Crippen LogP contribution in [0.3, 0.4) is 0 Å². The first-order chi connectivity index (χ1) is 7.29. The molecule has 2 atom stereocenters. The van der Waals surface area contributed by atoms with Crippen LogP contribution in [0, 0.1) is 5.82 Å². The zero-order valence-electron chi connectivity index (χ0n) is 8.46. The fourth-order valence-corrected chi connectivity index (χ4v) is 2.58. The quantitative estimate of drug-likeness (QED) is 0.594. The number of alkyl halides is 1. The van der Waals surface area contributed by atoms with E-state index in [0.717, 1.165) is 22.8 Å². The molecule has 1 fully saturated rings. The monoisotopic (exact) mass is 320 g/mol. The average Bonchev–Trinajstić information content (AvgIpc) is 2.30. The highest BCUT2D eigenvalue weighted by Gasteiger charge is 2.22. The Kier molecular flexibility index (Phi) is 3.97. The highest BCUT2D eigenvalue weighted by atomic mass is 127. The zero-order valence-corrected chi connectivity index (χ0v) is 10.6. The standard InChI is InChI=1S/C12H14FIO/c13-10-6-4-9(5-7-10)12-3-1-2-11(8-14)15-12/h4-7,11-12H,1-3,8H2/t11-,12+/m0/s1. The summed E-state index contributed by atoms with van der Waals surface area (Å²) in [7, 11) is 0. The van der Waals surface area contributed by atoms with Crippen LogP contribution in [-0.4, -0.2) is 10.5 Å². The number of hydrogen-bond donors (Lipinski definition) is 0. The van der Waals surface area contributed by atoms with E-state index in [1.165, 1.54) is 18.6 Å². The van der Waals surface area contributed by atoms with Crippen molar-refractivity contribution in [2.75, 3.05) is 4.43 Å². The molecule has 1 aromatic rings. The maximum atomic E-state index is 12.8. The Balaban J connectivity index is 2.06. The van der Waals surface area contributed by atoms with Gasteiger partial charge in [-0.05, 0) is 37.0 Å². The van der Waals surface area contributed by atoms with Crippen LogP contribution in [0.1, 0.15) is 30.9 Å². The highest BCUT2D eigenvalue weighted by molar-refractivity contribution is 14.1. The molecule has 0 saturated carbocycles. The molecule has 1 aliphatic rings. The molecule has 0 radical (unpaired) electrons. The van der Waals surface area contributed by atoms with Gasteiger partial charge in [-0.25, -0.2) is 4.39 Å². The summed E-state index contributed by atoms with van der Waals surface area (Å²) in [5.74, 6) is -0.181. The van der Waals surface area contributed by atoms with E-state index in [4.69, 9.17) is 4.74 Å². The van der Waals surface area contributed by atoms with Gasteiger partial charge in [-0.15, -0.1) is 0 Å². The van der Waals surface area contributed by atoms with Gasteiger partial charge in [0.05, 0.1) is 12.2 Å². The van der Waals surface area contributed by atoms with Crippen LogP contribution in [0.15, 0.2) is 24.3 Å². The van der Waals surface area contributed by atoms with Gasteiger partial charge in [0.25, 0.3) is 0 Å². The minimum atomic E-state index is -0.181. The number of halogens is 2. The van der Waals surface area contributed by atoms with Gasteiger partial charge in [0.2, 0.25) is 0 Å². The van der Waals surface area contributed by atoms with Gasteiger partial charge < -0.3 is 4.74 Å². The molecule has 82 valence electrons. The lowest BCUT2D eigenvalue weighted by Gasteiger charge is -2.29. The van der Waals surface area contributed by atoms with Crippen LogP contribution in [-0.2, 0) is 4.74 Å². The van der Waals surface area contributed by atoms with Crippen LogP contribution >= 0.6 is 22.6 Å². The molecule has 0 N–H and O–H groups in total. The largest absolute Gasteiger partial charge is 0.370 e. The van der Waals surface area contributed by atoms with Crippen LogP contribution in [0.4, 0.5) is 4.39 Å². The summed E-state index contributed by atoms with van der Waals surface area (Å²) in [4.78, 5) is 0. The Bertz CT molecular complexity index is 312. The summed E-state index contributed by atoms with van der Waals surface area (Å²) in [6.45, 7) is 0. The summed E-state index contributed by atoms with van der Waals surface area (Å²) in [6, 6.07) is 6.67. The number of benzene rings is 1. The van der Waals surface area contributed by atoms with Crippen molar-refractivity contribution in [2.45, 2.75) is 31.5 Å². The Morgan fingerprint density at radius 1 is 1.27 bits per heavy atom. The first-order valence-electron chi connectivity index (χ1n) is 5.26. The lowest BCUT2D eigenvalue weighted by atomic mass is 9.99. The van der Waals surface area contributed by atoms with E-state index in [9.17, 15) is 4.39 Å². The molecule has 0 amide bonds. The Hall–Kier alpha value is -0.160. The van der Waals surface area contributed by atoms with E-state index in [-0.39, 0.29) is 11.9 Å². The molecule has 2 rings (SSSR count). The van der Waals surface area contributed by atoms with Crippen molar-refractivity contribution in [3.8, 4) is 0 Å². The number of rotatable bonds is 2. The van der Waals surface area contributed by atoms with E-state index < -0.39 is 0 Å². The minimum absolute atomic E-state index is 0.166. The van der Waals surface area contributed by atoms with Crippen LogP contribution in [0.5, 0.6) is 0 Å². The van der Waals surface area contributed by atoms with Crippen molar-refractivity contribution in [2.24, 2.45) is 0 Å². The molecule has 1 heterocycles. The molecule has 0 unspecified atom stereocenters. The Labute approximate surface area is 103 Å². The predicted molar refractivity (Wildman–Crippen MR) is 66.8 cm³/mol. The fourth-order valence-electron chi connectivity index (χ4n) is 1.94. The maximum Gasteiger partial charge on any atom is 0.123 e. The van der Waals surface area contributed by atoms with E-state index in [2.05, 4.69) is 22.6 Å². The Morgan fingerprint density at radius 2 is 2.00 bits per heavy atom. The molecular weight excluding hydrogens is 306 g/mol. The maximum absolute atomic E-state index is 12.8. The third-order valence-corrected chi connectivity index (χ3v) is 3.75. The van der Waals surface area contributed by atoms with Gasteiger partial charge in [0.1, 0.15) is 5.82 Å². The summed E-state index contributed by atoms with van der Waals surface area (Å²) in [5, 5.41) is 0. The van der Waals surface area contributed by atoms with Gasteiger partial charge in [0, 0.05) is 4.43 Å². The van der Waals surface area contributed by atoms with Crippen molar-refractivity contribution in [3.63, 3.8) is 0 Å². The summed E-state index contributed by atoms with van der Waals surface area (Å²) < 4.78 is 19.7. The second-order valence-corrected chi connectivity index (χ2v) is 4.76. The molecule has 1 saturated heterocycles. The van der Waals surface area contributed by atoms with Crippen molar-refractivity contribution < 1.29 is 9.13 Å². The molecule has 0 spiro atoms. The lowest BCUT2D eigenvalue weighted by molar-refractivity contribution is -0.0375. The van der Waals surface area contributed by atoms with Gasteiger partial charge in [0.15, 0.2) is 0 Å². The molecule has 0 aliphatic carbocycles. The second kappa shape index (κ2) is 5.25. The third-order valence-electron chi connectivity index (χ3n) is 2.76. The molecule has 0 aromatic heterocycles. The molecule has 0 bridgehead atoms.